The zero-order valence-electron chi connectivity index (χ0n) is 6.04. The predicted octanol–water partition coefficient (Wildman–Crippen LogP) is 1.57. The van der Waals surface area contributed by atoms with E-state index in [0.29, 0.717) is 6.42 Å². The largest absolute Gasteiger partial charge is 0.469 e. The Labute approximate surface area is 71.5 Å². The maximum Gasteiger partial charge on any atom is 0.104 e. The van der Waals surface area contributed by atoms with Gasteiger partial charge in [-0.05, 0) is 12.1 Å². The van der Waals surface area contributed by atoms with Gasteiger partial charge in [0.05, 0.1) is 12.1 Å². The number of nitrogens with two attached hydrogens (primary N) is 1. The fourth-order valence-electron chi connectivity index (χ4n) is 0.713. The average molecular weight is 175 g/mol. The quantitative estimate of drug-likeness (QED) is 0.540. The first-order valence-corrected chi connectivity index (χ1v) is 3.14. The van der Waals surface area contributed by atoms with E-state index in [2.05, 4.69) is 0 Å². The van der Waals surface area contributed by atoms with Crippen LogP contribution < -0.4 is 5.73 Å². The molecule has 0 radical (unpaired) electrons. The molecule has 1 aromatic heterocycles. The molecule has 62 valence electrons. The summed E-state index contributed by atoms with van der Waals surface area (Å²) in [6.07, 6.45) is 2.92. The van der Waals surface area contributed by atoms with Gasteiger partial charge in [0.1, 0.15) is 5.76 Å². The number of furan rings is 1. The van der Waals surface area contributed by atoms with E-state index < -0.39 is 0 Å². The summed E-state index contributed by atoms with van der Waals surface area (Å²) in [5.74, 6) is 1.09. The molecular formula is C7H11ClN2O. The predicted molar refractivity (Wildman–Crippen MR) is 46.2 cm³/mol. The van der Waals surface area contributed by atoms with Gasteiger partial charge in [-0.1, -0.05) is 0 Å². The SMILES string of the molecule is Cl.N=C(N)CCc1ccco1. The highest BCUT2D eigenvalue weighted by Gasteiger charge is 1.95. The zero-order valence-corrected chi connectivity index (χ0v) is 6.86. The van der Waals surface area contributed by atoms with Crippen LogP contribution in [-0.2, 0) is 6.42 Å². The highest BCUT2D eigenvalue weighted by molar-refractivity contribution is 5.85. The lowest BCUT2D eigenvalue weighted by Crippen LogP contribution is -2.09. The molecule has 0 atom stereocenters. The third-order valence-corrected chi connectivity index (χ3v) is 1.22. The number of amidine groups is 1. The van der Waals surface area contributed by atoms with Gasteiger partial charge < -0.3 is 10.2 Å². The van der Waals surface area contributed by atoms with Gasteiger partial charge in [0, 0.05) is 12.8 Å². The highest BCUT2D eigenvalue weighted by Crippen LogP contribution is 2.02. The molecule has 0 aliphatic rings. The van der Waals surface area contributed by atoms with Crippen LogP contribution in [0.5, 0.6) is 0 Å². The Morgan fingerprint density at radius 2 is 2.36 bits per heavy atom. The Morgan fingerprint density at radius 3 is 2.82 bits per heavy atom. The van der Waals surface area contributed by atoms with Crippen LogP contribution in [0.15, 0.2) is 22.8 Å². The van der Waals surface area contributed by atoms with Crippen molar-refractivity contribution in [3.8, 4) is 0 Å². The van der Waals surface area contributed by atoms with Crippen LogP contribution in [0.1, 0.15) is 12.2 Å². The van der Waals surface area contributed by atoms with Gasteiger partial charge in [-0.25, -0.2) is 0 Å². The van der Waals surface area contributed by atoms with Crippen LogP contribution in [0.25, 0.3) is 0 Å². The Kier molecular flexibility index (Phi) is 4.38. The maximum absolute atomic E-state index is 6.93. The molecule has 0 spiro atoms. The number of hydrogen-bond acceptors (Lipinski definition) is 2. The molecule has 4 heteroatoms. The second kappa shape index (κ2) is 4.79. The smallest absolute Gasteiger partial charge is 0.104 e. The summed E-state index contributed by atoms with van der Waals surface area (Å²) in [5, 5.41) is 6.93. The Bertz CT molecular complexity index is 208. The van der Waals surface area contributed by atoms with Gasteiger partial charge >= 0.3 is 0 Å². The molecule has 0 bridgehead atoms. The van der Waals surface area contributed by atoms with Crippen molar-refractivity contribution in [1.29, 1.82) is 5.41 Å². The minimum Gasteiger partial charge on any atom is -0.469 e. The molecule has 0 fully saturated rings. The normalized spacial score (nSPS) is 8.73. The lowest BCUT2D eigenvalue weighted by atomic mass is 10.2. The first kappa shape index (κ1) is 10.0. The minimum atomic E-state index is 0. The Morgan fingerprint density at radius 1 is 1.64 bits per heavy atom. The first-order chi connectivity index (χ1) is 4.79. The molecule has 0 unspecified atom stereocenters. The number of aryl methyl sites for hydroxylation is 1. The van der Waals surface area contributed by atoms with E-state index in [1.807, 2.05) is 12.1 Å². The molecule has 0 aromatic carbocycles. The topological polar surface area (TPSA) is 63.0 Å². The molecule has 0 aliphatic carbocycles. The van der Waals surface area contributed by atoms with Crippen molar-refractivity contribution in [1.82, 2.24) is 0 Å². The van der Waals surface area contributed by atoms with Crippen molar-refractivity contribution in [2.24, 2.45) is 5.73 Å². The summed E-state index contributed by atoms with van der Waals surface area (Å²) in [6.45, 7) is 0. The molecule has 3 N–H and O–H groups in total. The average Bonchev–Trinajstić information content (AvgIpc) is 2.34. The second-order valence-corrected chi connectivity index (χ2v) is 2.10. The summed E-state index contributed by atoms with van der Waals surface area (Å²) >= 11 is 0. The third-order valence-electron chi connectivity index (χ3n) is 1.22. The van der Waals surface area contributed by atoms with Crippen LogP contribution in [-0.4, -0.2) is 5.84 Å². The van der Waals surface area contributed by atoms with E-state index in [1.165, 1.54) is 0 Å². The number of halogens is 1. The van der Waals surface area contributed by atoms with E-state index in [0.717, 1.165) is 12.2 Å². The molecule has 1 aromatic rings. The molecule has 3 nitrogen and oxygen atoms in total. The van der Waals surface area contributed by atoms with Gasteiger partial charge in [-0.15, -0.1) is 12.4 Å². The van der Waals surface area contributed by atoms with Gasteiger partial charge in [-0.3, -0.25) is 5.41 Å². The fraction of sp³-hybridized carbons (Fsp3) is 0.286. The molecule has 11 heavy (non-hydrogen) atoms. The Hall–Kier alpha value is -0.960. The van der Waals surface area contributed by atoms with Crippen molar-refractivity contribution in [2.75, 3.05) is 0 Å². The second-order valence-electron chi connectivity index (χ2n) is 2.10. The standard InChI is InChI=1S/C7H10N2O.ClH/c8-7(9)4-3-6-2-1-5-10-6;/h1-2,5H,3-4H2,(H3,8,9);1H. The Balaban J connectivity index is 0.000001000. The highest BCUT2D eigenvalue weighted by atomic mass is 35.5. The molecule has 1 heterocycles. The van der Waals surface area contributed by atoms with E-state index >= 15 is 0 Å². The minimum absolute atomic E-state index is 0. The molecule has 0 amide bonds. The van der Waals surface area contributed by atoms with E-state index in [9.17, 15) is 0 Å². The van der Waals surface area contributed by atoms with Crippen molar-refractivity contribution < 1.29 is 4.42 Å². The monoisotopic (exact) mass is 174 g/mol. The van der Waals surface area contributed by atoms with Crippen molar-refractivity contribution in [3.63, 3.8) is 0 Å². The summed E-state index contributed by atoms with van der Waals surface area (Å²) < 4.78 is 5.03. The van der Waals surface area contributed by atoms with Crippen molar-refractivity contribution in [2.45, 2.75) is 12.8 Å². The molecule has 1 rings (SSSR count). The molecule has 0 aliphatic heterocycles. The molecule has 0 saturated carbocycles. The fourth-order valence-corrected chi connectivity index (χ4v) is 0.713. The van der Waals surface area contributed by atoms with Crippen LogP contribution in [0, 0.1) is 5.41 Å². The lowest BCUT2D eigenvalue weighted by molar-refractivity contribution is 0.511. The third kappa shape index (κ3) is 3.68. The van der Waals surface area contributed by atoms with Crippen molar-refractivity contribution >= 4 is 18.2 Å². The van der Waals surface area contributed by atoms with E-state index in [4.69, 9.17) is 15.6 Å². The lowest BCUT2D eigenvalue weighted by Gasteiger charge is -1.92. The van der Waals surface area contributed by atoms with Crippen LogP contribution >= 0.6 is 12.4 Å². The summed E-state index contributed by atoms with van der Waals surface area (Å²) in [7, 11) is 0. The van der Waals surface area contributed by atoms with Gasteiger partial charge in [0.2, 0.25) is 0 Å². The number of rotatable bonds is 3. The number of hydrogen-bond donors (Lipinski definition) is 2. The van der Waals surface area contributed by atoms with E-state index in [1.54, 1.807) is 6.26 Å². The van der Waals surface area contributed by atoms with Gasteiger partial charge in [0.25, 0.3) is 0 Å². The number of nitrogens with one attached hydrogen (secondary N) is 1. The summed E-state index contributed by atoms with van der Waals surface area (Å²) in [5.41, 5.74) is 5.15. The summed E-state index contributed by atoms with van der Waals surface area (Å²) in [6, 6.07) is 3.71. The van der Waals surface area contributed by atoms with E-state index in [-0.39, 0.29) is 18.2 Å². The summed E-state index contributed by atoms with van der Waals surface area (Å²) in [4.78, 5) is 0. The first-order valence-electron chi connectivity index (χ1n) is 3.14. The zero-order chi connectivity index (χ0) is 7.40. The molecule has 0 saturated heterocycles. The van der Waals surface area contributed by atoms with Gasteiger partial charge in [-0.2, -0.15) is 0 Å². The van der Waals surface area contributed by atoms with Crippen LogP contribution in [0.4, 0.5) is 0 Å². The van der Waals surface area contributed by atoms with Crippen LogP contribution in [0.3, 0.4) is 0 Å². The van der Waals surface area contributed by atoms with Crippen molar-refractivity contribution in [3.05, 3.63) is 24.2 Å². The molecular weight excluding hydrogens is 164 g/mol. The van der Waals surface area contributed by atoms with Crippen LogP contribution in [0.2, 0.25) is 0 Å². The maximum atomic E-state index is 6.93. The van der Waals surface area contributed by atoms with Gasteiger partial charge in [0.15, 0.2) is 0 Å².